The molecule has 92 valence electrons. The van der Waals surface area contributed by atoms with Crippen LogP contribution in [0.5, 0.6) is 0 Å². The van der Waals surface area contributed by atoms with Gasteiger partial charge in [-0.25, -0.2) is 0 Å². The highest BCUT2D eigenvalue weighted by molar-refractivity contribution is 5.92. The highest BCUT2D eigenvalue weighted by Crippen LogP contribution is 2.15. The number of nitrogens with two attached hydrogens (primary N) is 2. The Bertz CT molecular complexity index is 404. The minimum absolute atomic E-state index is 0.104. The van der Waals surface area contributed by atoms with Gasteiger partial charge < -0.3 is 16.8 Å². The number of benzene rings is 1. The maximum Gasteiger partial charge on any atom is 0.224 e. The summed E-state index contributed by atoms with van der Waals surface area (Å²) in [6.45, 7) is 0.482. The molecule has 0 aliphatic heterocycles. The molecule has 0 radical (unpaired) electrons. The predicted octanol–water partition coefficient (Wildman–Crippen LogP) is 0.392. The fourth-order valence-corrected chi connectivity index (χ4v) is 1.46. The van der Waals surface area contributed by atoms with E-state index in [1.165, 1.54) is 0 Å². The van der Waals surface area contributed by atoms with Crippen LogP contribution in [0.2, 0.25) is 0 Å². The van der Waals surface area contributed by atoms with Gasteiger partial charge in [-0.15, -0.1) is 0 Å². The molecule has 0 heterocycles. The first-order valence-electron chi connectivity index (χ1n) is 5.49. The number of para-hydroxylation sites is 1. The minimum Gasteiger partial charge on any atom is -0.369 e. The Balaban J connectivity index is 2.69. The summed E-state index contributed by atoms with van der Waals surface area (Å²) in [6, 6.07) is 7.11. The number of nitrogens with one attached hydrogen (secondary N) is 1. The lowest BCUT2D eigenvalue weighted by Crippen LogP contribution is -2.18. The van der Waals surface area contributed by atoms with Crippen molar-refractivity contribution in [3.05, 3.63) is 29.8 Å². The second-order valence-electron chi connectivity index (χ2n) is 3.74. The third-order valence-corrected chi connectivity index (χ3v) is 2.26. The van der Waals surface area contributed by atoms with Crippen molar-refractivity contribution in [1.82, 2.24) is 0 Å². The second-order valence-corrected chi connectivity index (χ2v) is 3.74. The summed E-state index contributed by atoms with van der Waals surface area (Å²) in [7, 11) is 0. The molecule has 5 nitrogen and oxygen atoms in total. The summed E-state index contributed by atoms with van der Waals surface area (Å²) in [5, 5.41) is 2.75. The zero-order valence-electron chi connectivity index (χ0n) is 9.61. The number of hydrogen-bond donors (Lipinski definition) is 3. The number of amides is 2. The number of hydrogen-bond acceptors (Lipinski definition) is 3. The van der Waals surface area contributed by atoms with Crippen molar-refractivity contribution in [2.24, 2.45) is 11.5 Å². The molecule has 5 heteroatoms. The molecule has 1 rings (SSSR count). The molecular formula is C12H17N3O2. The Morgan fingerprint density at radius 3 is 2.59 bits per heavy atom. The van der Waals surface area contributed by atoms with E-state index >= 15 is 0 Å². The summed E-state index contributed by atoms with van der Waals surface area (Å²) >= 11 is 0. The lowest BCUT2D eigenvalue weighted by molar-refractivity contribution is -0.118. The molecule has 1 aromatic rings. The Hall–Kier alpha value is -1.88. The van der Waals surface area contributed by atoms with E-state index in [1.807, 2.05) is 0 Å². The molecule has 17 heavy (non-hydrogen) atoms. The van der Waals surface area contributed by atoms with E-state index in [9.17, 15) is 9.59 Å². The van der Waals surface area contributed by atoms with Crippen LogP contribution in [0.1, 0.15) is 18.4 Å². The van der Waals surface area contributed by atoms with Crippen molar-refractivity contribution in [1.29, 1.82) is 0 Å². The summed E-state index contributed by atoms with van der Waals surface area (Å²) in [5.74, 6) is -0.527. The van der Waals surface area contributed by atoms with E-state index in [4.69, 9.17) is 11.5 Å². The second kappa shape index (κ2) is 6.65. The number of carbonyl (C=O) groups excluding carboxylic acids is 2. The standard InChI is InChI=1S/C12H17N3O2/c13-7-3-6-12(17)15-10-5-2-1-4-9(10)8-11(14)16/h1-2,4-5H,3,6-8,13H2,(H2,14,16)(H,15,17). The SMILES string of the molecule is NCCCC(=O)Nc1ccccc1CC(N)=O. The quantitative estimate of drug-likeness (QED) is 0.665. The van der Waals surface area contributed by atoms with Gasteiger partial charge in [-0.05, 0) is 24.6 Å². The van der Waals surface area contributed by atoms with Gasteiger partial charge in [-0.2, -0.15) is 0 Å². The van der Waals surface area contributed by atoms with Crippen molar-refractivity contribution < 1.29 is 9.59 Å². The molecule has 2 amide bonds. The Labute approximate surface area is 100 Å². The molecule has 0 bridgehead atoms. The normalized spacial score (nSPS) is 9.94. The van der Waals surface area contributed by atoms with Gasteiger partial charge >= 0.3 is 0 Å². The van der Waals surface area contributed by atoms with Crippen LogP contribution >= 0.6 is 0 Å². The summed E-state index contributed by atoms with van der Waals surface area (Å²) < 4.78 is 0. The molecule has 0 spiro atoms. The zero-order chi connectivity index (χ0) is 12.7. The van der Waals surface area contributed by atoms with Crippen LogP contribution in [0, 0.1) is 0 Å². The molecule has 0 saturated heterocycles. The molecule has 0 aromatic heterocycles. The van der Waals surface area contributed by atoms with Gasteiger partial charge in [0, 0.05) is 12.1 Å². The van der Waals surface area contributed by atoms with E-state index in [-0.39, 0.29) is 12.3 Å². The zero-order valence-corrected chi connectivity index (χ0v) is 9.61. The summed E-state index contributed by atoms with van der Waals surface area (Å²) in [5.41, 5.74) is 11.8. The molecule has 0 atom stereocenters. The molecular weight excluding hydrogens is 218 g/mol. The van der Waals surface area contributed by atoms with Crippen LogP contribution in [0.4, 0.5) is 5.69 Å². The molecule has 0 aliphatic carbocycles. The lowest BCUT2D eigenvalue weighted by atomic mass is 10.1. The van der Waals surface area contributed by atoms with Crippen LogP contribution in [-0.2, 0) is 16.0 Å². The highest BCUT2D eigenvalue weighted by Gasteiger charge is 2.07. The van der Waals surface area contributed by atoms with Crippen molar-refractivity contribution in [3.63, 3.8) is 0 Å². The smallest absolute Gasteiger partial charge is 0.224 e. The van der Waals surface area contributed by atoms with Gasteiger partial charge in [0.1, 0.15) is 0 Å². The molecule has 5 N–H and O–H groups in total. The van der Waals surface area contributed by atoms with Crippen molar-refractivity contribution in [2.75, 3.05) is 11.9 Å². The van der Waals surface area contributed by atoms with Gasteiger partial charge in [0.25, 0.3) is 0 Å². The molecule has 0 unspecified atom stereocenters. The van der Waals surface area contributed by atoms with E-state index in [0.717, 1.165) is 5.56 Å². The van der Waals surface area contributed by atoms with Crippen LogP contribution in [0.25, 0.3) is 0 Å². The van der Waals surface area contributed by atoms with Crippen molar-refractivity contribution in [3.8, 4) is 0 Å². The Morgan fingerprint density at radius 1 is 1.24 bits per heavy atom. The number of rotatable bonds is 6. The molecule has 0 saturated carbocycles. The van der Waals surface area contributed by atoms with Gasteiger partial charge in [-0.1, -0.05) is 18.2 Å². The number of carbonyl (C=O) groups is 2. The fraction of sp³-hybridized carbons (Fsp3) is 0.333. The van der Waals surface area contributed by atoms with Crippen LogP contribution in [-0.4, -0.2) is 18.4 Å². The highest BCUT2D eigenvalue weighted by atomic mass is 16.2. The third kappa shape index (κ3) is 4.65. The Morgan fingerprint density at radius 2 is 1.94 bits per heavy atom. The van der Waals surface area contributed by atoms with E-state index in [2.05, 4.69) is 5.32 Å². The van der Waals surface area contributed by atoms with E-state index in [0.29, 0.717) is 25.1 Å². The fourth-order valence-electron chi connectivity index (χ4n) is 1.46. The van der Waals surface area contributed by atoms with Crippen LogP contribution < -0.4 is 16.8 Å². The third-order valence-electron chi connectivity index (χ3n) is 2.26. The molecule has 0 aliphatic rings. The van der Waals surface area contributed by atoms with Gasteiger partial charge in [0.05, 0.1) is 6.42 Å². The topological polar surface area (TPSA) is 98.2 Å². The Kier molecular flexibility index (Phi) is 5.16. The number of primary amides is 1. The first kappa shape index (κ1) is 13.2. The number of anilines is 1. The van der Waals surface area contributed by atoms with Gasteiger partial charge in [-0.3, -0.25) is 9.59 Å². The average molecular weight is 235 g/mol. The predicted molar refractivity (Wildman–Crippen MR) is 66.3 cm³/mol. The van der Waals surface area contributed by atoms with Gasteiger partial charge in [0.2, 0.25) is 11.8 Å². The maximum atomic E-state index is 11.5. The lowest BCUT2D eigenvalue weighted by Gasteiger charge is -2.09. The van der Waals surface area contributed by atoms with E-state index < -0.39 is 5.91 Å². The average Bonchev–Trinajstić information content (AvgIpc) is 2.28. The monoisotopic (exact) mass is 235 g/mol. The van der Waals surface area contributed by atoms with Gasteiger partial charge in [0.15, 0.2) is 0 Å². The largest absolute Gasteiger partial charge is 0.369 e. The minimum atomic E-state index is -0.423. The summed E-state index contributed by atoms with van der Waals surface area (Å²) in [4.78, 5) is 22.4. The van der Waals surface area contributed by atoms with Crippen LogP contribution in [0.3, 0.4) is 0 Å². The van der Waals surface area contributed by atoms with Crippen molar-refractivity contribution in [2.45, 2.75) is 19.3 Å². The van der Waals surface area contributed by atoms with E-state index in [1.54, 1.807) is 24.3 Å². The van der Waals surface area contributed by atoms with Crippen LogP contribution in [0.15, 0.2) is 24.3 Å². The first-order chi connectivity index (χ1) is 8.13. The molecule has 0 fully saturated rings. The molecule has 1 aromatic carbocycles. The summed E-state index contributed by atoms with van der Waals surface area (Å²) in [6.07, 6.45) is 1.14. The maximum absolute atomic E-state index is 11.5. The van der Waals surface area contributed by atoms with Crippen molar-refractivity contribution >= 4 is 17.5 Å². The first-order valence-corrected chi connectivity index (χ1v) is 5.49.